The molecule has 0 aliphatic heterocycles. The Hall–Kier alpha value is -4.34. The Morgan fingerprint density at radius 3 is 2.20 bits per heavy atom. The SMILES string of the molecule is CCOC(=O)Oc1ccc(C(=O)NCc2ccccc2NC(=O)c2ccccc2C(F)(F)F)cc1. The number of hydrogen-bond donors (Lipinski definition) is 2. The molecule has 35 heavy (non-hydrogen) atoms. The minimum absolute atomic E-state index is 0.00270. The zero-order valence-electron chi connectivity index (χ0n) is 18.5. The number of nitrogens with one attached hydrogen (secondary N) is 2. The van der Waals surface area contributed by atoms with Gasteiger partial charge in [0.05, 0.1) is 17.7 Å². The number of para-hydroxylation sites is 1. The number of halogens is 3. The standard InChI is InChI=1S/C25H21F3N2O5/c1-2-34-24(33)35-18-13-11-16(12-14-18)22(31)29-15-17-7-3-6-10-21(17)30-23(32)19-8-4-5-9-20(19)25(26,27)28/h3-14H,2,15H2,1H3,(H,29,31)(H,30,32). The van der Waals surface area contributed by atoms with Gasteiger partial charge in [0.2, 0.25) is 0 Å². The van der Waals surface area contributed by atoms with Gasteiger partial charge >= 0.3 is 12.3 Å². The van der Waals surface area contributed by atoms with Crippen LogP contribution in [-0.2, 0) is 17.5 Å². The molecule has 0 aliphatic rings. The number of ether oxygens (including phenoxy) is 2. The molecular weight excluding hydrogens is 465 g/mol. The normalized spacial score (nSPS) is 10.9. The summed E-state index contributed by atoms with van der Waals surface area (Å²) < 4.78 is 49.4. The van der Waals surface area contributed by atoms with E-state index in [1.165, 1.54) is 42.5 Å². The second-order valence-corrected chi connectivity index (χ2v) is 7.15. The van der Waals surface area contributed by atoms with Crippen molar-refractivity contribution < 1.29 is 37.0 Å². The van der Waals surface area contributed by atoms with Crippen molar-refractivity contribution >= 4 is 23.7 Å². The van der Waals surface area contributed by atoms with Crippen LogP contribution in [0.25, 0.3) is 0 Å². The smallest absolute Gasteiger partial charge is 0.434 e. The quantitative estimate of drug-likeness (QED) is 0.344. The Kier molecular flexibility index (Phi) is 8.08. The highest BCUT2D eigenvalue weighted by atomic mass is 19.4. The first-order valence-electron chi connectivity index (χ1n) is 10.5. The summed E-state index contributed by atoms with van der Waals surface area (Å²) in [7, 11) is 0. The maximum Gasteiger partial charge on any atom is 0.513 e. The number of carbonyl (C=O) groups is 3. The second kappa shape index (κ2) is 11.2. The molecule has 0 spiro atoms. The Morgan fingerprint density at radius 1 is 0.857 bits per heavy atom. The van der Waals surface area contributed by atoms with Gasteiger partial charge in [-0.25, -0.2) is 4.79 Å². The zero-order chi connectivity index (χ0) is 25.4. The molecule has 0 radical (unpaired) electrons. The van der Waals surface area contributed by atoms with Crippen LogP contribution in [0.2, 0.25) is 0 Å². The van der Waals surface area contributed by atoms with Crippen LogP contribution in [0.15, 0.2) is 72.8 Å². The molecule has 0 saturated heterocycles. The van der Waals surface area contributed by atoms with E-state index in [1.807, 2.05) is 0 Å². The molecule has 0 atom stereocenters. The van der Waals surface area contributed by atoms with E-state index in [0.717, 1.165) is 12.1 Å². The lowest BCUT2D eigenvalue weighted by molar-refractivity contribution is -0.137. The van der Waals surface area contributed by atoms with Gasteiger partial charge in [-0.1, -0.05) is 30.3 Å². The summed E-state index contributed by atoms with van der Waals surface area (Å²) >= 11 is 0. The fourth-order valence-corrected chi connectivity index (χ4v) is 3.11. The lowest BCUT2D eigenvalue weighted by Crippen LogP contribution is -2.24. The average molecular weight is 486 g/mol. The van der Waals surface area contributed by atoms with Gasteiger partial charge in [0.1, 0.15) is 5.75 Å². The molecular formula is C25H21F3N2O5. The van der Waals surface area contributed by atoms with E-state index in [2.05, 4.69) is 15.4 Å². The Bertz CT molecular complexity index is 1210. The number of anilines is 1. The van der Waals surface area contributed by atoms with Crippen molar-refractivity contribution in [2.75, 3.05) is 11.9 Å². The van der Waals surface area contributed by atoms with Crippen LogP contribution in [0.3, 0.4) is 0 Å². The van der Waals surface area contributed by atoms with E-state index in [1.54, 1.807) is 25.1 Å². The second-order valence-electron chi connectivity index (χ2n) is 7.15. The molecule has 3 aromatic carbocycles. The number of alkyl halides is 3. The van der Waals surface area contributed by atoms with Crippen LogP contribution >= 0.6 is 0 Å². The Balaban J connectivity index is 1.67. The molecule has 2 amide bonds. The van der Waals surface area contributed by atoms with Crippen molar-refractivity contribution in [2.24, 2.45) is 0 Å². The molecule has 0 aliphatic carbocycles. The summed E-state index contributed by atoms with van der Waals surface area (Å²) in [5.74, 6) is -1.17. The van der Waals surface area contributed by atoms with E-state index in [4.69, 9.17) is 4.74 Å². The summed E-state index contributed by atoms with van der Waals surface area (Å²) in [5.41, 5.74) is -0.529. The van der Waals surface area contributed by atoms with Gasteiger partial charge in [-0.05, 0) is 55.0 Å². The first-order valence-corrected chi connectivity index (χ1v) is 10.5. The topological polar surface area (TPSA) is 93.7 Å². The molecule has 0 heterocycles. The third-order valence-corrected chi connectivity index (χ3v) is 4.76. The summed E-state index contributed by atoms with van der Waals surface area (Å²) in [5, 5.41) is 5.17. The molecule has 0 bridgehead atoms. The average Bonchev–Trinajstić information content (AvgIpc) is 2.83. The summed E-state index contributed by atoms with van der Waals surface area (Å²) in [6.07, 6.45) is -5.54. The fraction of sp³-hybridized carbons (Fsp3) is 0.160. The molecule has 182 valence electrons. The molecule has 0 saturated carbocycles. The van der Waals surface area contributed by atoms with Crippen LogP contribution in [0, 0.1) is 0 Å². The lowest BCUT2D eigenvalue weighted by atomic mass is 10.1. The minimum atomic E-state index is -4.68. The van der Waals surface area contributed by atoms with E-state index in [9.17, 15) is 27.6 Å². The molecule has 0 aromatic heterocycles. The van der Waals surface area contributed by atoms with Crippen LogP contribution < -0.4 is 15.4 Å². The van der Waals surface area contributed by atoms with Gasteiger partial charge in [-0.15, -0.1) is 0 Å². The minimum Gasteiger partial charge on any atom is -0.434 e. The molecule has 0 fully saturated rings. The third kappa shape index (κ3) is 6.83. The number of hydrogen-bond acceptors (Lipinski definition) is 5. The van der Waals surface area contributed by atoms with Gasteiger partial charge < -0.3 is 20.1 Å². The van der Waals surface area contributed by atoms with Gasteiger partial charge in [0.25, 0.3) is 11.8 Å². The van der Waals surface area contributed by atoms with E-state index in [-0.39, 0.29) is 30.2 Å². The van der Waals surface area contributed by atoms with E-state index < -0.39 is 35.3 Å². The number of rotatable bonds is 7. The Morgan fingerprint density at radius 2 is 1.51 bits per heavy atom. The van der Waals surface area contributed by atoms with Crippen LogP contribution in [0.4, 0.5) is 23.7 Å². The van der Waals surface area contributed by atoms with E-state index in [0.29, 0.717) is 5.56 Å². The largest absolute Gasteiger partial charge is 0.513 e. The fourth-order valence-electron chi connectivity index (χ4n) is 3.11. The van der Waals surface area contributed by atoms with Crippen molar-refractivity contribution in [3.05, 3.63) is 95.1 Å². The Labute approximate surface area is 198 Å². The zero-order valence-corrected chi connectivity index (χ0v) is 18.5. The van der Waals surface area contributed by atoms with Gasteiger partial charge in [0.15, 0.2) is 0 Å². The number of amides is 2. The maximum atomic E-state index is 13.3. The maximum absolute atomic E-state index is 13.3. The highest BCUT2D eigenvalue weighted by molar-refractivity contribution is 6.05. The third-order valence-electron chi connectivity index (χ3n) is 4.76. The lowest BCUT2D eigenvalue weighted by Gasteiger charge is -2.15. The van der Waals surface area contributed by atoms with Crippen molar-refractivity contribution in [3.8, 4) is 5.75 Å². The molecule has 7 nitrogen and oxygen atoms in total. The van der Waals surface area contributed by atoms with Crippen LogP contribution in [-0.4, -0.2) is 24.6 Å². The van der Waals surface area contributed by atoms with Crippen LogP contribution in [0.5, 0.6) is 5.75 Å². The van der Waals surface area contributed by atoms with E-state index >= 15 is 0 Å². The number of benzene rings is 3. The van der Waals surface area contributed by atoms with Crippen molar-refractivity contribution in [3.63, 3.8) is 0 Å². The molecule has 0 unspecified atom stereocenters. The highest BCUT2D eigenvalue weighted by Crippen LogP contribution is 2.32. The van der Waals surface area contributed by atoms with Crippen LogP contribution in [0.1, 0.15) is 38.8 Å². The van der Waals surface area contributed by atoms with Crippen molar-refractivity contribution in [2.45, 2.75) is 19.6 Å². The first kappa shape index (κ1) is 25.3. The predicted octanol–water partition coefficient (Wildman–Crippen LogP) is 5.42. The number of carbonyl (C=O) groups excluding carboxylic acids is 3. The molecule has 2 N–H and O–H groups in total. The summed E-state index contributed by atoms with van der Waals surface area (Å²) in [6, 6.07) is 16.7. The van der Waals surface area contributed by atoms with Gasteiger partial charge in [0, 0.05) is 17.8 Å². The molecule has 3 aromatic rings. The molecule has 10 heteroatoms. The van der Waals surface area contributed by atoms with Crippen molar-refractivity contribution in [1.29, 1.82) is 0 Å². The van der Waals surface area contributed by atoms with Gasteiger partial charge in [-0.3, -0.25) is 9.59 Å². The summed E-state index contributed by atoms with van der Waals surface area (Å²) in [4.78, 5) is 36.5. The predicted molar refractivity (Wildman–Crippen MR) is 121 cm³/mol. The molecule has 3 rings (SSSR count). The first-order chi connectivity index (χ1) is 16.7. The van der Waals surface area contributed by atoms with Crippen molar-refractivity contribution in [1.82, 2.24) is 5.32 Å². The summed E-state index contributed by atoms with van der Waals surface area (Å²) in [6.45, 7) is 1.80. The van der Waals surface area contributed by atoms with Gasteiger partial charge in [-0.2, -0.15) is 13.2 Å². The highest BCUT2D eigenvalue weighted by Gasteiger charge is 2.34. The monoisotopic (exact) mass is 486 g/mol.